The molecule has 0 aliphatic heterocycles. The fraction of sp³-hybridized carbons (Fsp3) is 0. The van der Waals surface area contributed by atoms with Crippen molar-refractivity contribution in [3.05, 3.63) is 72.2 Å². The Morgan fingerprint density at radius 2 is 1.65 bits per heavy atom. The lowest BCUT2D eigenvalue weighted by atomic mass is 9.99. The summed E-state index contributed by atoms with van der Waals surface area (Å²) in [7, 11) is 0. The molecule has 0 bridgehead atoms. The van der Waals surface area contributed by atoms with Gasteiger partial charge >= 0.3 is 0 Å². The Hall–Kier alpha value is -3.17. The van der Waals surface area contributed by atoms with Crippen LogP contribution in [0.4, 0.5) is 0 Å². The quantitative estimate of drug-likeness (QED) is 0.223. The van der Waals surface area contributed by atoms with E-state index in [4.69, 9.17) is 4.98 Å². The van der Waals surface area contributed by atoms with Gasteiger partial charge in [-0.1, -0.05) is 30.3 Å². The van der Waals surface area contributed by atoms with Crippen LogP contribution < -0.4 is 0 Å². The number of aromatic nitrogens is 2. The number of nitrogens with zero attached hydrogens (tertiary/aromatic N) is 2. The van der Waals surface area contributed by atoms with Gasteiger partial charge < -0.3 is 4.40 Å². The van der Waals surface area contributed by atoms with E-state index in [1.807, 2.05) is 23.6 Å². The first-order chi connectivity index (χ1) is 12.9. The van der Waals surface area contributed by atoms with E-state index >= 15 is 0 Å². The summed E-state index contributed by atoms with van der Waals surface area (Å²) in [6.45, 7) is 0. The smallest absolute Gasteiger partial charge is 0.0949 e. The van der Waals surface area contributed by atoms with Crippen molar-refractivity contribution in [3.8, 4) is 0 Å². The Morgan fingerprint density at radius 3 is 2.65 bits per heavy atom. The Balaban J connectivity index is 2.01. The van der Waals surface area contributed by atoms with Crippen molar-refractivity contribution < 1.29 is 0 Å². The van der Waals surface area contributed by atoms with Gasteiger partial charge in [0.25, 0.3) is 0 Å². The zero-order valence-corrected chi connectivity index (χ0v) is 14.5. The molecule has 7 aromatic rings. The highest BCUT2D eigenvalue weighted by Gasteiger charge is 2.19. The normalized spacial score (nSPS) is 12.6. The largest absolute Gasteiger partial charge is 0.306 e. The van der Waals surface area contributed by atoms with Gasteiger partial charge in [0, 0.05) is 37.8 Å². The molecule has 2 nitrogen and oxygen atoms in total. The third kappa shape index (κ3) is 1.35. The predicted octanol–water partition coefficient (Wildman–Crippen LogP) is 6.60. The van der Waals surface area contributed by atoms with Gasteiger partial charge in [0.1, 0.15) is 0 Å². The summed E-state index contributed by atoms with van der Waals surface area (Å²) in [6.07, 6.45) is 1.90. The molecule has 0 spiro atoms. The van der Waals surface area contributed by atoms with Gasteiger partial charge in [-0.05, 0) is 41.1 Å². The van der Waals surface area contributed by atoms with Crippen LogP contribution in [0.5, 0.6) is 0 Å². The average Bonchev–Trinajstić information content (AvgIpc) is 3.30. The molecule has 0 amide bonds. The molecular formula is C23H12N2S. The van der Waals surface area contributed by atoms with Crippen LogP contribution in [0.2, 0.25) is 0 Å². The second-order valence-corrected chi connectivity index (χ2v) is 7.79. The Bertz CT molecular complexity index is 1630. The highest BCUT2D eigenvalue weighted by molar-refractivity contribution is 7.18. The molecule has 0 atom stereocenters. The first kappa shape index (κ1) is 13.1. The second kappa shape index (κ2) is 4.32. The summed E-state index contributed by atoms with van der Waals surface area (Å²) < 4.78 is 3.77. The number of rotatable bonds is 0. The van der Waals surface area contributed by atoms with Crippen molar-refractivity contribution in [2.24, 2.45) is 0 Å². The Labute approximate surface area is 152 Å². The summed E-state index contributed by atoms with van der Waals surface area (Å²) in [5, 5.41) is 10.0. The first-order valence-electron chi connectivity index (χ1n) is 8.74. The predicted molar refractivity (Wildman–Crippen MR) is 112 cm³/mol. The van der Waals surface area contributed by atoms with E-state index < -0.39 is 0 Å². The van der Waals surface area contributed by atoms with Crippen molar-refractivity contribution in [1.82, 2.24) is 9.38 Å². The van der Waals surface area contributed by atoms with Crippen LogP contribution in [0, 0.1) is 0 Å². The number of fused-ring (bicyclic) bond motifs is 8. The zero-order valence-electron chi connectivity index (χ0n) is 13.7. The summed E-state index contributed by atoms with van der Waals surface area (Å²) in [6, 6.07) is 22.0. The van der Waals surface area contributed by atoms with Crippen LogP contribution in [0.1, 0.15) is 0 Å². The summed E-state index contributed by atoms with van der Waals surface area (Å²) in [4.78, 5) is 4.79. The minimum Gasteiger partial charge on any atom is -0.306 e. The highest BCUT2D eigenvalue weighted by Crippen LogP contribution is 2.43. The lowest BCUT2D eigenvalue weighted by molar-refractivity contribution is 1.31. The number of hydrogen-bond donors (Lipinski definition) is 0. The fourth-order valence-corrected chi connectivity index (χ4v) is 5.53. The van der Waals surface area contributed by atoms with Crippen LogP contribution in [-0.4, -0.2) is 9.38 Å². The van der Waals surface area contributed by atoms with Gasteiger partial charge in [0.15, 0.2) is 0 Å². The molecule has 3 heteroatoms. The molecule has 0 N–H and O–H groups in total. The van der Waals surface area contributed by atoms with Crippen LogP contribution in [0.25, 0.3) is 59.1 Å². The molecule has 26 heavy (non-hydrogen) atoms. The molecular weight excluding hydrogens is 336 g/mol. The number of thiophene rings is 1. The van der Waals surface area contributed by atoms with Gasteiger partial charge in [-0.15, -0.1) is 11.3 Å². The van der Waals surface area contributed by atoms with Gasteiger partial charge in [0.2, 0.25) is 0 Å². The molecule has 0 saturated heterocycles. The van der Waals surface area contributed by atoms with E-state index in [1.54, 1.807) is 0 Å². The average molecular weight is 348 g/mol. The molecule has 4 aromatic heterocycles. The molecule has 0 radical (unpaired) electrons. The fourth-order valence-electron chi connectivity index (χ4n) is 4.62. The number of benzene rings is 3. The van der Waals surface area contributed by atoms with Crippen molar-refractivity contribution in [3.63, 3.8) is 0 Å². The minimum atomic E-state index is 1.08. The number of pyridine rings is 2. The Kier molecular flexibility index (Phi) is 2.17. The van der Waals surface area contributed by atoms with Crippen molar-refractivity contribution in [1.29, 1.82) is 0 Å². The van der Waals surface area contributed by atoms with Gasteiger partial charge in [-0.2, -0.15) is 0 Å². The summed E-state index contributed by atoms with van der Waals surface area (Å²) in [5.41, 5.74) is 4.82. The number of para-hydroxylation sites is 1. The van der Waals surface area contributed by atoms with E-state index in [1.165, 1.54) is 53.6 Å². The van der Waals surface area contributed by atoms with Crippen molar-refractivity contribution in [2.75, 3.05) is 0 Å². The molecule has 0 fully saturated rings. The van der Waals surface area contributed by atoms with E-state index in [-0.39, 0.29) is 0 Å². The van der Waals surface area contributed by atoms with Crippen molar-refractivity contribution in [2.45, 2.75) is 0 Å². The van der Waals surface area contributed by atoms with Gasteiger partial charge in [0.05, 0.1) is 22.1 Å². The van der Waals surface area contributed by atoms with E-state index in [2.05, 4.69) is 64.4 Å². The molecule has 0 aliphatic carbocycles. The maximum absolute atomic E-state index is 4.79. The molecule has 0 saturated carbocycles. The maximum Gasteiger partial charge on any atom is 0.0949 e. The van der Waals surface area contributed by atoms with Crippen LogP contribution in [-0.2, 0) is 0 Å². The first-order valence-corrected chi connectivity index (χ1v) is 9.61. The van der Waals surface area contributed by atoms with Crippen LogP contribution in [0.15, 0.2) is 72.2 Å². The molecule has 0 aliphatic rings. The lowest BCUT2D eigenvalue weighted by Crippen LogP contribution is -1.93. The van der Waals surface area contributed by atoms with Crippen LogP contribution >= 0.6 is 11.3 Å². The number of hydrogen-bond acceptors (Lipinski definition) is 2. The van der Waals surface area contributed by atoms with Crippen molar-refractivity contribution >= 4 is 70.4 Å². The third-order valence-electron chi connectivity index (χ3n) is 5.63. The van der Waals surface area contributed by atoms with Gasteiger partial charge in [-0.25, -0.2) is 0 Å². The Morgan fingerprint density at radius 1 is 0.769 bits per heavy atom. The maximum atomic E-state index is 4.79. The van der Waals surface area contributed by atoms with E-state index in [0.29, 0.717) is 0 Å². The molecule has 120 valence electrons. The molecule has 4 heterocycles. The SMILES string of the molecule is c1ccc2c(c1)c1ccc3c4sccc4cc4c5ncccc5n2c1c43. The van der Waals surface area contributed by atoms with E-state index in [9.17, 15) is 0 Å². The molecule has 0 unspecified atom stereocenters. The van der Waals surface area contributed by atoms with Gasteiger partial charge in [-0.3, -0.25) is 4.98 Å². The van der Waals surface area contributed by atoms with E-state index in [0.717, 1.165) is 5.52 Å². The third-order valence-corrected chi connectivity index (χ3v) is 6.59. The minimum absolute atomic E-state index is 1.08. The monoisotopic (exact) mass is 348 g/mol. The topological polar surface area (TPSA) is 17.3 Å². The second-order valence-electron chi connectivity index (χ2n) is 6.87. The standard InChI is InChI=1S/C23H12N2S/c1-2-5-18-14(4-1)15-7-8-16-20-17(12-13-9-11-26-23(13)16)21-19(6-3-10-24-21)25(18)22(15)20/h1-12H. The lowest BCUT2D eigenvalue weighted by Gasteiger charge is -2.12. The summed E-state index contributed by atoms with van der Waals surface area (Å²) in [5.74, 6) is 0. The zero-order chi connectivity index (χ0) is 16.8. The molecule has 7 rings (SSSR count). The highest BCUT2D eigenvalue weighted by atomic mass is 32.1. The summed E-state index contributed by atoms with van der Waals surface area (Å²) >= 11 is 1.82. The molecule has 3 aromatic carbocycles. The van der Waals surface area contributed by atoms with Crippen LogP contribution in [0.3, 0.4) is 0 Å².